The van der Waals surface area contributed by atoms with Crippen LogP contribution in [0.4, 0.5) is 0 Å². The van der Waals surface area contributed by atoms with Crippen LogP contribution in [-0.2, 0) is 14.3 Å². The molecule has 17 heavy (non-hydrogen) atoms. The molecule has 1 saturated carbocycles. The largest absolute Gasteiger partial charge is 0.433 e. The van der Waals surface area contributed by atoms with Crippen molar-refractivity contribution in [3.05, 3.63) is 12.2 Å². The third-order valence-corrected chi connectivity index (χ3v) is 3.34. The van der Waals surface area contributed by atoms with E-state index in [1.54, 1.807) is 13.8 Å². The van der Waals surface area contributed by atoms with Crippen molar-refractivity contribution in [2.45, 2.75) is 65.3 Å². The molecular weight excluding hydrogens is 216 g/mol. The minimum atomic E-state index is -0.490. The quantitative estimate of drug-likeness (QED) is 0.419. The molecule has 3 nitrogen and oxygen atoms in total. The first-order valence-corrected chi connectivity index (χ1v) is 6.52. The fourth-order valence-electron chi connectivity index (χ4n) is 2.30. The van der Waals surface area contributed by atoms with E-state index in [0.29, 0.717) is 11.5 Å². The van der Waals surface area contributed by atoms with Crippen molar-refractivity contribution in [2.75, 3.05) is 0 Å². The molecule has 0 aliphatic heterocycles. The van der Waals surface area contributed by atoms with Gasteiger partial charge in [0.1, 0.15) is 0 Å². The fraction of sp³-hybridized carbons (Fsp3) is 0.786. The Balaban J connectivity index is 2.31. The number of carbonyl (C=O) groups is 1. The van der Waals surface area contributed by atoms with Gasteiger partial charge in [-0.2, -0.15) is 0 Å². The molecule has 0 radical (unpaired) electrons. The molecule has 0 spiro atoms. The van der Waals surface area contributed by atoms with Crippen LogP contribution >= 0.6 is 0 Å². The predicted molar refractivity (Wildman–Crippen MR) is 67.5 cm³/mol. The summed E-state index contributed by atoms with van der Waals surface area (Å²) >= 11 is 0. The smallest absolute Gasteiger partial charge is 0.335 e. The second kappa shape index (κ2) is 6.80. The van der Waals surface area contributed by atoms with E-state index in [1.165, 1.54) is 32.1 Å². The minimum Gasteiger partial charge on any atom is -0.433 e. The first-order valence-electron chi connectivity index (χ1n) is 6.52. The van der Waals surface area contributed by atoms with E-state index in [0.717, 1.165) is 0 Å². The average Bonchev–Trinajstić information content (AvgIpc) is 2.29. The summed E-state index contributed by atoms with van der Waals surface area (Å²) in [5, 5.41) is 0. The molecule has 1 aliphatic rings. The van der Waals surface area contributed by atoms with Crippen LogP contribution in [0.25, 0.3) is 0 Å². The molecular formula is C14H24O3. The first kappa shape index (κ1) is 14.2. The summed E-state index contributed by atoms with van der Waals surface area (Å²) in [6.45, 7) is 9.02. The highest BCUT2D eigenvalue weighted by molar-refractivity contribution is 5.86. The molecule has 0 saturated heterocycles. The summed E-state index contributed by atoms with van der Waals surface area (Å²) in [6, 6.07) is 0. The van der Waals surface area contributed by atoms with Crippen LogP contribution in [0.1, 0.15) is 52.9 Å². The number of ether oxygens (including phenoxy) is 2. The Morgan fingerprint density at radius 3 is 2.35 bits per heavy atom. The summed E-state index contributed by atoms with van der Waals surface area (Å²) < 4.78 is 10.8. The zero-order valence-corrected chi connectivity index (χ0v) is 11.2. The van der Waals surface area contributed by atoms with Crippen LogP contribution < -0.4 is 0 Å². The Bertz CT molecular complexity index is 267. The van der Waals surface area contributed by atoms with E-state index >= 15 is 0 Å². The summed E-state index contributed by atoms with van der Waals surface area (Å²) in [5.41, 5.74) is 0.408. The van der Waals surface area contributed by atoms with Gasteiger partial charge in [-0.05, 0) is 39.5 Å². The molecule has 0 heterocycles. The van der Waals surface area contributed by atoms with Crippen molar-refractivity contribution in [3.63, 3.8) is 0 Å². The van der Waals surface area contributed by atoms with Gasteiger partial charge in [0, 0.05) is 5.57 Å². The van der Waals surface area contributed by atoms with Crippen molar-refractivity contribution in [1.29, 1.82) is 0 Å². The normalized spacial score (nSPS) is 20.6. The summed E-state index contributed by atoms with van der Waals surface area (Å²) in [6.07, 6.45) is 6.03. The number of rotatable bonds is 5. The Morgan fingerprint density at radius 2 is 1.82 bits per heavy atom. The highest BCUT2D eigenvalue weighted by atomic mass is 16.7. The second-order valence-corrected chi connectivity index (χ2v) is 4.99. The van der Waals surface area contributed by atoms with Crippen molar-refractivity contribution < 1.29 is 14.3 Å². The Hall–Kier alpha value is -0.830. The van der Waals surface area contributed by atoms with Gasteiger partial charge in [-0.1, -0.05) is 25.8 Å². The maximum atomic E-state index is 11.3. The number of hydrogen-bond acceptors (Lipinski definition) is 3. The Morgan fingerprint density at radius 1 is 1.24 bits per heavy atom. The zero-order valence-electron chi connectivity index (χ0n) is 11.2. The van der Waals surface area contributed by atoms with Crippen molar-refractivity contribution >= 4 is 5.97 Å². The fourth-order valence-corrected chi connectivity index (χ4v) is 2.30. The third kappa shape index (κ3) is 4.90. The summed E-state index contributed by atoms with van der Waals surface area (Å²) in [5.74, 6) is 0.225. The molecule has 1 aliphatic carbocycles. The van der Waals surface area contributed by atoms with Gasteiger partial charge < -0.3 is 9.47 Å². The first-order chi connectivity index (χ1) is 8.00. The number of hydrogen-bond donors (Lipinski definition) is 0. The van der Waals surface area contributed by atoms with E-state index in [1.807, 2.05) is 0 Å². The Kier molecular flexibility index (Phi) is 5.69. The van der Waals surface area contributed by atoms with E-state index in [4.69, 9.17) is 9.47 Å². The Labute approximate surface area is 104 Å². The topological polar surface area (TPSA) is 35.5 Å². The SMILES string of the molecule is C=C(C)C(=O)OC(C)OC(C)C1CCCCC1. The van der Waals surface area contributed by atoms with Gasteiger partial charge in [0.2, 0.25) is 6.29 Å². The van der Waals surface area contributed by atoms with Gasteiger partial charge in [0.25, 0.3) is 0 Å². The maximum absolute atomic E-state index is 11.3. The molecule has 1 fully saturated rings. The lowest BCUT2D eigenvalue weighted by molar-refractivity contribution is -0.184. The highest BCUT2D eigenvalue weighted by Gasteiger charge is 2.23. The van der Waals surface area contributed by atoms with Gasteiger partial charge in [0.05, 0.1) is 6.10 Å². The molecule has 2 atom stereocenters. The molecule has 0 bridgehead atoms. The monoisotopic (exact) mass is 240 g/mol. The highest BCUT2D eigenvalue weighted by Crippen LogP contribution is 2.28. The molecule has 1 rings (SSSR count). The van der Waals surface area contributed by atoms with Crippen molar-refractivity contribution in [1.82, 2.24) is 0 Å². The van der Waals surface area contributed by atoms with Crippen LogP contribution in [0.3, 0.4) is 0 Å². The number of carbonyl (C=O) groups excluding carboxylic acids is 1. The van der Waals surface area contributed by atoms with E-state index < -0.39 is 6.29 Å². The zero-order chi connectivity index (χ0) is 12.8. The lowest BCUT2D eigenvalue weighted by atomic mass is 9.86. The standard InChI is InChI=1S/C14H24O3/c1-10(2)14(15)17-12(4)16-11(3)13-8-6-5-7-9-13/h11-13H,1,5-9H2,2-4H3. The van der Waals surface area contributed by atoms with Gasteiger partial charge in [0.15, 0.2) is 0 Å². The van der Waals surface area contributed by atoms with E-state index in [9.17, 15) is 4.79 Å². The molecule has 0 N–H and O–H groups in total. The minimum absolute atomic E-state index is 0.156. The van der Waals surface area contributed by atoms with Crippen molar-refractivity contribution in [3.8, 4) is 0 Å². The van der Waals surface area contributed by atoms with Crippen LogP contribution in [0, 0.1) is 5.92 Å². The molecule has 0 amide bonds. The molecule has 2 unspecified atom stereocenters. The molecule has 0 aromatic rings. The average molecular weight is 240 g/mol. The maximum Gasteiger partial charge on any atom is 0.335 e. The van der Waals surface area contributed by atoms with Gasteiger partial charge in [-0.15, -0.1) is 0 Å². The summed E-state index contributed by atoms with van der Waals surface area (Å²) in [7, 11) is 0. The van der Waals surface area contributed by atoms with Crippen LogP contribution in [0.2, 0.25) is 0 Å². The molecule has 0 aromatic carbocycles. The molecule has 98 valence electrons. The van der Waals surface area contributed by atoms with Gasteiger partial charge in [-0.25, -0.2) is 4.79 Å². The van der Waals surface area contributed by atoms with Crippen LogP contribution in [0.5, 0.6) is 0 Å². The van der Waals surface area contributed by atoms with E-state index in [2.05, 4.69) is 13.5 Å². The lowest BCUT2D eigenvalue weighted by Gasteiger charge is -2.29. The lowest BCUT2D eigenvalue weighted by Crippen LogP contribution is -2.29. The number of esters is 1. The van der Waals surface area contributed by atoms with Gasteiger partial charge >= 0.3 is 5.97 Å². The summed E-state index contributed by atoms with van der Waals surface area (Å²) in [4.78, 5) is 11.3. The van der Waals surface area contributed by atoms with Crippen LogP contribution in [-0.4, -0.2) is 18.4 Å². The third-order valence-electron chi connectivity index (χ3n) is 3.34. The van der Waals surface area contributed by atoms with Crippen molar-refractivity contribution in [2.24, 2.45) is 5.92 Å². The molecule has 3 heteroatoms. The van der Waals surface area contributed by atoms with E-state index in [-0.39, 0.29) is 12.1 Å². The molecule has 0 aromatic heterocycles. The second-order valence-electron chi connectivity index (χ2n) is 4.99. The predicted octanol–water partition coefficient (Wildman–Crippen LogP) is 3.44. The van der Waals surface area contributed by atoms with Crippen LogP contribution in [0.15, 0.2) is 12.2 Å². The van der Waals surface area contributed by atoms with Gasteiger partial charge in [-0.3, -0.25) is 0 Å².